The second-order valence-corrected chi connectivity index (χ2v) is 4.94. The molecule has 1 heterocycles. The molecule has 1 aliphatic rings. The van der Waals surface area contributed by atoms with E-state index in [9.17, 15) is 9.50 Å². The summed E-state index contributed by atoms with van der Waals surface area (Å²) in [5, 5.41) is 9.40. The second kappa shape index (κ2) is 4.52. The predicted molar refractivity (Wildman–Crippen MR) is 59.8 cm³/mol. The van der Waals surface area contributed by atoms with E-state index in [0.29, 0.717) is 0 Å². The molecule has 1 unspecified atom stereocenters. The molecular formula is C13H17FO2. The maximum Gasteiger partial charge on any atom is 0.123 e. The van der Waals surface area contributed by atoms with Crippen LogP contribution in [0.1, 0.15) is 24.8 Å². The molecule has 1 fully saturated rings. The number of benzene rings is 1. The minimum Gasteiger partial charge on any atom is -0.396 e. The molecular weight excluding hydrogens is 207 g/mol. The van der Waals surface area contributed by atoms with E-state index in [4.69, 9.17) is 4.74 Å². The SMILES string of the molecule is CC1(CC(CO)c2ccc(F)cc2)COC1. The van der Waals surface area contributed by atoms with Gasteiger partial charge in [0.15, 0.2) is 0 Å². The van der Waals surface area contributed by atoms with Crippen LogP contribution in [0.2, 0.25) is 0 Å². The molecule has 3 heteroatoms. The summed E-state index contributed by atoms with van der Waals surface area (Å²) in [5.41, 5.74) is 1.17. The topological polar surface area (TPSA) is 29.5 Å². The van der Waals surface area contributed by atoms with Crippen molar-refractivity contribution < 1.29 is 14.2 Å². The molecule has 1 aliphatic heterocycles. The molecule has 0 bridgehead atoms. The summed E-state index contributed by atoms with van der Waals surface area (Å²) in [6, 6.07) is 6.38. The van der Waals surface area contributed by atoms with Crippen LogP contribution in [0.15, 0.2) is 24.3 Å². The van der Waals surface area contributed by atoms with Crippen molar-refractivity contribution in [2.45, 2.75) is 19.3 Å². The highest BCUT2D eigenvalue weighted by atomic mass is 19.1. The Morgan fingerprint density at radius 2 is 2.00 bits per heavy atom. The third-order valence-electron chi connectivity index (χ3n) is 3.20. The third-order valence-corrected chi connectivity index (χ3v) is 3.20. The molecule has 16 heavy (non-hydrogen) atoms. The van der Waals surface area contributed by atoms with Gasteiger partial charge in [0.2, 0.25) is 0 Å². The van der Waals surface area contributed by atoms with E-state index in [2.05, 4.69) is 6.92 Å². The van der Waals surface area contributed by atoms with Gasteiger partial charge in [-0.25, -0.2) is 4.39 Å². The van der Waals surface area contributed by atoms with Crippen LogP contribution in [0.25, 0.3) is 0 Å². The Bertz CT molecular complexity index is 343. The van der Waals surface area contributed by atoms with Gasteiger partial charge in [0, 0.05) is 17.9 Å². The van der Waals surface area contributed by atoms with Crippen LogP contribution >= 0.6 is 0 Å². The highest BCUT2D eigenvalue weighted by molar-refractivity contribution is 5.21. The number of hydrogen-bond donors (Lipinski definition) is 1. The summed E-state index contributed by atoms with van der Waals surface area (Å²) in [6.45, 7) is 3.76. The van der Waals surface area contributed by atoms with E-state index in [-0.39, 0.29) is 23.8 Å². The highest BCUT2D eigenvalue weighted by Gasteiger charge is 2.35. The number of hydrogen-bond acceptors (Lipinski definition) is 2. The molecule has 0 aromatic heterocycles. The molecule has 0 saturated carbocycles. The standard InChI is InChI=1S/C13H17FO2/c1-13(8-16-9-13)6-11(7-15)10-2-4-12(14)5-3-10/h2-5,11,15H,6-9H2,1H3. The van der Waals surface area contributed by atoms with Crippen molar-refractivity contribution in [3.05, 3.63) is 35.6 Å². The normalized spacial score (nSPS) is 20.2. The summed E-state index contributed by atoms with van der Waals surface area (Å²) in [4.78, 5) is 0. The maximum atomic E-state index is 12.8. The summed E-state index contributed by atoms with van der Waals surface area (Å²) < 4.78 is 18.0. The van der Waals surface area contributed by atoms with Gasteiger partial charge in [0.25, 0.3) is 0 Å². The van der Waals surface area contributed by atoms with Gasteiger partial charge in [0.1, 0.15) is 5.82 Å². The Morgan fingerprint density at radius 1 is 1.38 bits per heavy atom. The Kier molecular flexibility index (Phi) is 3.26. The fourth-order valence-electron chi connectivity index (χ4n) is 2.19. The smallest absolute Gasteiger partial charge is 0.123 e. The Hall–Kier alpha value is -0.930. The summed E-state index contributed by atoms with van der Waals surface area (Å²) in [6.07, 6.45) is 0.884. The zero-order valence-electron chi connectivity index (χ0n) is 9.45. The van der Waals surface area contributed by atoms with Crippen LogP contribution in [0.4, 0.5) is 4.39 Å². The number of halogens is 1. The fourth-order valence-corrected chi connectivity index (χ4v) is 2.19. The summed E-state index contributed by atoms with van der Waals surface area (Å²) in [7, 11) is 0. The zero-order chi connectivity index (χ0) is 11.6. The maximum absolute atomic E-state index is 12.8. The molecule has 2 rings (SSSR count). The second-order valence-electron chi connectivity index (χ2n) is 4.94. The third kappa shape index (κ3) is 2.42. The average Bonchev–Trinajstić information content (AvgIpc) is 2.25. The first-order valence-corrected chi connectivity index (χ1v) is 5.57. The number of rotatable bonds is 4. The van der Waals surface area contributed by atoms with Crippen LogP contribution < -0.4 is 0 Å². The Morgan fingerprint density at radius 3 is 2.44 bits per heavy atom. The number of ether oxygens (including phenoxy) is 1. The van der Waals surface area contributed by atoms with E-state index >= 15 is 0 Å². The van der Waals surface area contributed by atoms with Gasteiger partial charge in [-0.2, -0.15) is 0 Å². The molecule has 88 valence electrons. The Labute approximate surface area is 95.1 Å². The molecule has 1 N–H and O–H groups in total. The van der Waals surface area contributed by atoms with Crippen molar-refractivity contribution >= 4 is 0 Å². The van der Waals surface area contributed by atoms with Crippen molar-refractivity contribution in [1.82, 2.24) is 0 Å². The van der Waals surface area contributed by atoms with Gasteiger partial charge in [-0.05, 0) is 24.1 Å². The molecule has 0 spiro atoms. The van der Waals surface area contributed by atoms with Crippen LogP contribution in [0.3, 0.4) is 0 Å². The minimum absolute atomic E-state index is 0.0782. The van der Waals surface area contributed by atoms with Gasteiger partial charge < -0.3 is 9.84 Å². The fraction of sp³-hybridized carbons (Fsp3) is 0.538. The summed E-state index contributed by atoms with van der Waals surface area (Å²) in [5.74, 6) is -0.159. The molecule has 2 nitrogen and oxygen atoms in total. The van der Waals surface area contributed by atoms with Crippen molar-refractivity contribution in [3.63, 3.8) is 0 Å². The Balaban J connectivity index is 2.07. The van der Waals surface area contributed by atoms with Crippen molar-refractivity contribution in [2.75, 3.05) is 19.8 Å². The van der Waals surface area contributed by atoms with E-state index in [1.54, 1.807) is 12.1 Å². The van der Waals surface area contributed by atoms with E-state index in [0.717, 1.165) is 25.2 Å². The lowest BCUT2D eigenvalue weighted by Crippen LogP contribution is -2.41. The lowest BCUT2D eigenvalue weighted by atomic mass is 9.77. The summed E-state index contributed by atoms with van der Waals surface area (Å²) >= 11 is 0. The van der Waals surface area contributed by atoms with Gasteiger partial charge in [-0.15, -0.1) is 0 Å². The van der Waals surface area contributed by atoms with Crippen LogP contribution in [0.5, 0.6) is 0 Å². The quantitative estimate of drug-likeness (QED) is 0.850. The first-order valence-electron chi connectivity index (χ1n) is 5.57. The predicted octanol–water partition coefficient (Wildman–Crippen LogP) is 2.33. The van der Waals surface area contributed by atoms with Crippen LogP contribution in [-0.2, 0) is 4.74 Å². The number of aliphatic hydroxyl groups excluding tert-OH is 1. The van der Waals surface area contributed by atoms with Gasteiger partial charge >= 0.3 is 0 Å². The minimum atomic E-state index is -0.237. The molecule has 0 aliphatic carbocycles. The zero-order valence-corrected chi connectivity index (χ0v) is 9.45. The van der Waals surface area contributed by atoms with Crippen LogP contribution in [-0.4, -0.2) is 24.9 Å². The monoisotopic (exact) mass is 224 g/mol. The number of aliphatic hydroxyl groups is 1. The van der Waals surface area contributed by atoms with Crippen LogP contribution in [0, 0.1) is 11.2 Å². The van der Waals surface area contributed by atoms with Crippen molar-refractivity contribution in [3.8, 4) is 0 Å². The van der Waals surface area contributed by atoms with E-state index in [1.807, 2.05) is 0 Å². The van der Waals surface area contributed by atoms with Gasteiger partial charge in [-0.1, -0.05) is 19.1 Å². The first-order chi connectivity index (χ1) is 7.63. The highest BCUT2D eigenvalue weighted by Crippen LogP contribution is 2.37. The molecule has 1 aromatic carbocycles. The van der Waals surface area contributed by atoms with E-state index < -0.39 is 0 Å². The van der Waals surface area contributed by atoms with E-state index in [1.165, 1.54) is 12.1 Å². The lowest BCUT2D eigenvalue weighted by Gasteiger charge is -2.40. The average molecular weight is 224 g/mol. The van der Waals surface area contributed by atoms with Gasteiger partial charge in [0.05, 0.1) is 13.2 Å². The molecule has 1 aromatic rings. The van der Waals surface area contributed by atoms with Crippen molar-refractivity contribution in [2.24, 2.45) is 5.41 Å². The molecule has 0 radical (unpaired) electrons. The van der Waals surface area contributed by atoms with Gasteiger partial charge in [-0.3, -0.25) is 0 Å². The lowest BCUT2D eigenvalue weighted by molar-refractivity contribution is -0.110. The first kappa shape index (κ1) is 11.6. The molecule has 0 amide bonds. The largest absolute Gasteiger partial charge is 0.396 e. The van der Waals surface area contributed by atoms with Crippen molar-refractivity contribution in [1.29, 1.82) is 0 Å². The molecule has 1 atom stereocenters. The molecule has 1 saturated heterocycles.